The molecule has 0 atom stereocenters. The summed E-state index contributed by atoms with van der Waals surface area (Å²) in [6, 6.07) is 4.26. The second kappa shape index (κ2) is 3.59. The molecule has 86 valence electrons. The second-order valence-corrected chi connectivity index (χ2v) is 5.52. The minimum Gasteiger partial charge on any atom is -0.326 e. The molecule has 0 fully saturated rings. The molecular formula is C13H20N3+. The maximum atomic E-state index is 4.61. The molecule has 0 aromatic carbocycles. The van der Waals surface area contributed by atoms with Crippen LogP contribution in [0.15, 0.2) is 18.3 Å². The van der Waals surface area contributed by atoms with Crippen molar-refractivity contribution in [2.75, 3.05) is 21.1 Å². The molecule has 2 rings (SSSR count). The number of nitrogens with zero attached hydrogens (tertiary/aromatic N) is 3. The van der Waals surface area contributed by atoms with Crippen LogP contribution in [-0.4, -0.2) is 35.0 Å². The Labute approximate surface area is 96.9 Å². The summed E-state index contributed by atoms with van der Waals surface area (Å²) < 4.78 is 3.12. The van der Waals surface area contributed by atoms with Crippen LogP contribution in [0.3, 0.4) is 0 Å². The second-order valence-electron chi connectivity index (χ2n) is 5.52. The maximum Gasteiger partial charge on any atom is 0.137 e. The van der Waals surface area contributed by atoms with E-state index in [1.165, 1.54) is 11.3 Å². The third-order valence-electron chi connectivity index (χ3n) is 2.70. The van der Waals surface area contributed by atoms with Crippen molar-refractivity contribution in [1.29, 1.82) is 0 Å². The van der Waals surface area contributed by atoms with Gasteiger partial charge in [-0.3, -0.25) is 4.40 Å². The van der Waals surface area contributed by atoms with Gasteiger partial charge in [0.25, 0.3) is 0 Å². The van der Waals surface area contributed by atoms with Gasteiger partial charge in [0.2, 0.25) is 0 Å². The number of aromatic nitrogens is 2. The average molecular weight is 218 g/mol. The van der Waals surface area contributed by atoms with Gasteiger partial charge in [0, 0.05) is 6.20 Å². The third-order valence-corrected chi connectivity index (χ3v) is 2.70. The highest BCUT2D eigenvalue weighted by Crippen LogP contribution is 2.16. The number of quaternary nitrogens is 1. The topological polar surface area (TPSA) is 17.3 Å². The van der Waals surface area contributed by atoms with Crippen LogP contribution in [0.1, 0.15) is 17.0 Å². The van der Waals surface area contributed by atoms with E-state index in [0.29, 0.717) is 0 Å². The van der Waals surface area contributed by atoms with Crippen molar-refractivity contribution in [2.24, 2.45) is 0 Å². The molecule has 0 aliphatic heterocycles. The summed E-state index contributed by atoms with van der Waals surface area (Å²) in [5, 5.41) is 0. The number of hydrogen-bond acceptors (Lipinski definition) is 1. The Kier molecular flexibility index (Phi) is 2.50. The number of fused-ring (bicyclic) bond motifs is 1. The molecule has 0 unspecified atom stereocenters. The van der Waals surface area contributed by atoms with Crippen LogP contribution in [-0.2, 0) is 6.54 Å². The molecule has 0 N–H and O–H groups in total. The lowest BCUT2D eigenvalue weighted by Crippen LogP contribution is -2.34. The molecule has 2 heterocycles. The van der Waals surface area contributed by atoms with Gasteiger partial charge >= 0.3 is 0 Å². The van der Waals surface area contributed by atoms with Crippen molar-refractivity contribution in [3.05, 3.63) is 35.3 Å². The van der Waals surface area contributed by atoms with E-state index in [1.807, 2.05) is 0 Å². The molecule has 0 radical (unpaired) electrons. The number of rotatable bonds is 2. The van der Waals surface area contributed by atoms with Crippen LogP contribution < -0.4 is 0 Å². The molecule has 0 aliphatic carbocycles. The summed E-state index contributed by atoms with van der Waals surface area (Å²) >= 11 is 0. The lowest BCUT2D eigenvalue weighted by molar-refractivity contribution is -0.884. The van der Waals surface area contributed by atoms with Crippen molar-refractivity contribution < 1.29 is 4.48 Å². The largest absolute Gasteiger partial charge is 0.326 e. The minimum absolute atomic E-state index is 0.919. The summed E-state index contributed by atoms with van der Waals surface area (Å²) in [4.78, 5) is 4.61. The first-order chi connectivity index (χ1) is 7.37. The number of hydrogen-bond donors (Lipinski definition) is 0. The van der Waals surface area contributed by atoms with Gasteiger partial charge in [-0.05, 0) is 31.5 Å². The van der Waals surface area contributed by atoms with Crippen LogP contribution in [0.25, 0.3) is 5.65 Å². The first-order valence-corrected chi connectivity index (χ1v) is 5.61. The molecule has 2 aromatic heterocycles. The van der Waals surface area contributed by atoms with Gasteiger partial charge in [-0.2, -0.15) is 0 Å². The summed E-state index contributed by atoms with van der Waals surface area (Å²) in [5.41, 5.74) is 4.76. The lowest BCUT2D eigenvalue weighted by Gasteiger charge is -2.23. The van der Waals surface area contributed by atoms with E-state index in [9.17, 15) is 0 Å². The standard InChI is InChI=1S/C13H20N3/c1-10-6-7-15-12(9-16(3,4)5)11(2)14-13(15)8-10/h6-8H,9H2,1-5H3/q+1. The smallest absolute Gasteiger partial charge is 0.137 e. The fraction of sp³-hybridized carbons (Fsp3) is 0.462. The Balaban J connectivity index is 2.56. The summed E-state index contributed by atoms with van der Waals surface area (Å²) in [6.07, 6.45) is 2.12. The Morgan fingerprint density at radius 3 is 2.56 bits per heavy atom. The van der Waals surface area contributed by atoms with Crippen LogP contribution >= 0.6 is 0 Å². The third kappa shape index (κ3) is 2.09. The van der Waals surface area contributed by atoms with Crippen molar-refractivity contribution in [3.8, 4) is 0 Å². The minimum atomic E-state index is 0.919. The molecule has 0 bridgehead atoms. The van der Waals surface area contributed by atoms with E-state index in [-0.39, 0.29) is 0 Å². The predicted octanol–water partition coefficient (Wildman–Crippen LogP) is 2.16. The molecule has 0 saturated heterocycles. The molecule has 0 saturated carbocycles. The monoisotopic (exact) mass is 218 g/mol. The molecule has 0 spiro atoms. The molecule has 0 aliphatic rings. The van der Waals surface area contributed by atoms with Gasteiger partial charge in [-0.15, -0.1) is 0 Å². The van der Waals surface area contributed by atoms with Gasteiger partial charge in [0.05, 0.1) is 32.5 Å². The zero-order valence-corrected chi connectivity index (χ0v) is 10.8. The summed E-state index contributed by atoms with van der Waals surface area (Å²) in [5.74, 6) is 0. The normalized spacial score (nSPS) is 12.3. The van der Waals surface area contributed by atoms with E-state index in [2.05, 4.69) is 62.7 Å². The molecule has 2 aromatic rings. The van der Waals surface area contributed by atoms with Crippen molar-refractivity contribution in [3.63, 3.8) is 0 Å². The fourth-order valence-corrected chi connectivity index (χ4v) is 1.95. The van der Waals surface area contributed by atoms with Gasteiger partial charge in [0.15, 0.2) is 0 Å². The van der Waals surface area contributed by atoms with E-state index in [0.717, 1.165) is 22.4 Å². The number of imidazole rings is 1. The fourth-order valence-electron chi connectivity index (χ4n) is 1.95. The first-order valence-electron chi connectivity index (χ1n) is 5.61. The SMILES string of the molecule is Cc1ccn2c(C[N+](C)(C)C)c(C)nc2c1. The van der Waals surface area contributed by atoms with Crippen LogP contribution in [0.5, 0.6) is 0 Å². The molecule has 3 nitrogen and oxygen atoms in total. The van der Waals surface area contributed by atoms with Crippen LogP contribution in [0, 0.1) is 13.8 Å². The predicted molar refractivity (Wildman–Crippen MR) is 66.4 cm³/mol. The molecule has 3 heteroatoms. The van der Waals surface area contributed by atoms with Crippen molar-refractivity contribution in [1.82, 2.24) is 9.38 Å². The highest BCUT2D eigenvalue weighted by atomic mass is 15.3. The van der Waals surface area contributed by atoms with E-state index in [1.54, 1.807) is 0 Å². The Hall–Kier alpha value is -1.35. The van der Waals surface area contributed by atoms with Gasteiger partial charge in [-0.1, -0.05) is 0 Å². The Morgan fingerprint density at radius 1 is 1.25 bits per heavy atom. The molecular weight excluding hydrogens is 198 g/mol. The number of aryl methyl sites for hydroxylation is 2. The zero-order chi connectivity index (χ0) is 11.9. The van der Waals surface area contributed by atoms with Crippen LogP contribution in [0.4, 0.5) is 0 Å². The van der Waals surface area contributed by atoms with E-state index in [4.69, 9.17) is 0 Å². The Bertz CT molecular complexity index is 518. The highest BCUT2D eigenvalue weighted by Gasteiger charge is 2.16. The van der Waals surface area contributed by atoms with Gasteiger partial charge in [-0.25, -0.2) is 4.98 Å². The lowest BCUT2D eigenvalue weighted by atomic mass is 10.3. The maximum absolute atomic E-state index is 4.61. The van der Waals surface area contributed by atoms with Crippen molar-refractivity contribution >= 4 is 5.65 Å². The summed E-state index contributed by atoms with van der Waals surface area (Å²) in [6.45, 7) is 5.19. The molecule has 16 heavy (non-hydrogen) atoms. The molecule has 0 amide bonds. The van der Waals surface area contributed by atoms with Gasteiger partial charge in [0.1, 0.15) is 12.2 Å². The van der Waals surface area contributed by atoms with Gasteiger partial charge < -0.3 is 4.48 Å². The summed E-state index contributed by atoms with van der Waals surface area (Å²) in [7, 11) is 6.60. The average Bonchev–Trinajstić information content (AvgIpc) is 2.40. The van der Waals surface area contributed by atoms with E-state index < -0.39 is 0 Å². The van der Waals surface area contributed by atoms with E-state index >= 15 is 0 Å². The quantitative estimate of drug-likeness (QED) is 0.706. The zero-order valence-electron chi connectivity index (χ0n) is 10.8. The van der Waals surface area contributed by atoms with Crippen molar-refractivity contribution in [2.45, 2.75) is 20.4 Å². The highest BCUT2D eigenvalue weighted by molar-refractivity contribution is 5.45. The van der Waals surface area contributed by atoms with Crippen LogP contribution in [0.2, 0.25) is 0 Å². The number of pyridine rings is 1. The Morgan fingerprint density at radius 2 is 1.94 bits per heavy atom. The first kappa shape index (κ1) is 11.1.